The van der Waals surface area contributed by atoms with Crippen molar-refractivity contribution in [2.24, 2.45) is 7.05 Å². The highest BCUT2D eigenvalue weighted by molar-refractivity contribution is 6.33. The lowest BCUT2D eigenvalue weighted by molar-refractivity contribution is 0.0683. The van der Waals surface area contributed by atoms with Crippen LogP contribution in [0.5, 0.6) is 0 Å². The van der Waals surface area contributed by atoms with Crippen LogP contribution in [0.1, 0.15) is 45.2 Å². The minimum atomic E-state index is -0.942. The topological polar surface area (TPSA) is 75.4 Å². The van der Waals surface area contributed by atoms with E-state index in [9.17, 15) is 9.59 Å². The fourth-order valence-corrected chi connectivity index (χ4v) is 3.41. The van der Waals surface area contributed by atoms with Crippen LogP contribution in [-0.4, -0.2) is 44.8 Å². The van der Waals surface area contributed by atoms with Crippen LogP contribution < -0.4 is 0 Å². The summed E-state index contributed by atoms with van der Waals surface area (Å²) in [6.45, 7) is 1.21. The number of carbonyl (C=O) groups excluding carboxylic acids is 1. The van der Waals surface area contributed by atoms with Gasteiger partial charge in [-0.05, 0) is 30.5 Å². The third-order valence-electron chi connectivity index (χ3n) is 4.41. The smallest absolute Gasteiger partial charge is 0.335 e. The number of halogens is 1. The number of benzene rings is 1. The highest BCUT2D eigenvalue weighted by Gasteiger charge is 2.28. The normalized spacial score (nSPS) is 17.8. The number of amides is 1. The number of nitrogens with zero attached hydrogens (tertiary/aromatic N) is 3. The molecule has 2 aromatic rings. The van der Waals surface area contributed by atoms with Crippen LogP contribution in [0.25, 0.3) is 0 Å². The molecule has 1 amide bonds. The molecular weight excluding hydrogens is 330 g/mol. The van der Waals surface area contributed by atoms with Gasteiger partial charge in [0.15, 0.2) is 0 Å². The van der Waals surface area contributed by atoms with Crippen molar-refractivity contribution in [3.8, 4) is 0 Å². The van der Waals surface area contributed by atoms with E-state index in [0.29, 0.717) is 23.8 Å². The van der Waals surface area contributed by atoms with Crippen molar-refractivity contribution in [1.82, 2.24) is 14.7 Å². The Kier molecular flexibility index (Phi) is 4.57. The van der Waals surface area contributed by atoms with Gasteiger partial charge in [0.05, 0.1) is 16.8 Å². The maximum Gasteiger partial charge on any atom is 0.335 e. The van der Waals surface area contributed by atoms with E-state index in [-0.39, 0.29) is 17.4 Å². The second-order valence-corrected chi connectivity index (χ2v) is 6.39. The number of carbonyl (C=O) groups is 2. The standard InChI is InChI=1S/C17H18ClN3O3/c1-20-15(14(18)9-19-20)16(22)21-7-3-6-13(10-21)11-4-2-5-12(8-11)17(23)24/h2,4-5,8-9,13H,3,6-7,10H2,1H3,(H,23,24). The zero-order valence-corrected chi connectivity index (χ0v) is 14.0. The molecule has 6 nitrogen and oxygen atoms in total. The lowest BCUT2D eigenvalue weighted by Crippen LogP contribution is -2.40. The van der Waals surface area contributed by atoms with Crippen LogP contribution in [0.3, 0.4) is 0 Å². The third-order valence-corrected chi connectivity index (χ3v) is 4.69. The fraction of sp³-hybridized carbons (Fsp3) is 0.353. The molecule has 0 bridgehead atoms. The molecule has 1 atom stereocenters. The number of aromatic carboxylic acids is 1. The molecule has 1 fully saturated rings. The van der Waals surface area contributed by atoms with Gasteiger partial charge in [-0.1, -0.05) is 23.7 Å². The molecule has 1 saturated heterocycles. The molecule has 3 rings (SSSR count). The Morgan fingerprint density at radius 2 is 2.17 bits per heavy atom. The summed E-state index contributed by atoms with van der Waals surface area (Å²) in [5.74, 6) is -0.963. The van der Waals surface area contributed by atoms with E-state index in [1.54, 1.807) is 30.1 Å². The number of rotatable bonds is 3. The maximum absolute atomic E-state index is 12.7. The lowest BCUT2D eigenvalue weighted by atomic mass is 9.89. The summed E-state index contributed by atoms with van der Waals surface area (Å²) in [4.78, 5) is 25.7. The SMILES string of the molecule is Cn1ncc(Cl)c1C(=O)N1CCCC(c2cccc(C(=O)O)c2)C1. The maximum atomic E-state index is 12.7. The molecule has 0 spiro atoms. The molecular formula is C17H18ClN3O3. The van der Waals surface area contributed by atoms with Crippen molar-refractivity contribution in [3.63, 3.8) is 0 Å². The number of piperidine rings is 1. The number of hydrogen-bond donors (Lipinski definition) is 1. The molecule has 1 aliphatic rings. The van der Waals surface area contributed by atoms with Crippen LogP contribution in [0.15, 0.2) is 30.5 Å². The van der Waals surface area contributed by atoms with E-state index >= 15 is 0 Å². The number of carboxylic acids is 1. The van der Waals surface area contributed by atoms with Crippen LogP contribution in [0.2, 0.25) is 5.02 Å². The summed E-state index contributed by atoms with van der Waals surface area (Å²) in [7, 11) is 1.69. The molecule has 0 radical (unpaired) electrons. The van der Waals surface area contributed by atoms with Gasteiger partial charge >= 0.3 is 5.97 Å². The Morgan fingerprint density at radius 1 is 1.38 bits per heavy atom. The average Bonchev–Trinajstić information content (AvgIpc) is 2.93. The van der Waals surface area contributed by atoms with E-state index in [2.05, 4.69) is 5.10 Å². The van der Waals surface area contributed by atoms with Crippen molar-refractivity contribution < 1.29 is 14.7 Å². The first-order chi connectivity index (χ1) is 11.5. The Labute approximate surface area is 144 Å². The van der Waals surface area contributed by atoms with Crippen molar-refractivity contribution in [2.75, 3.05) is 13.1 Å². The number of aryl methyl sites for hydroxylation is 1. The number of aromatic nitrogens is 2. The second-order valence-electron chi connectivity index (χ2n) is 5.99. The molecule has 7 heteroatoms. The van der Waals surface area contributed by atoms with Gasteiger partial charge in [-0.15, -0.1) is 0 Å². The predicted octanol–water partition coefficient (Wildman–Crippen LogP) is 2.79. The number of carboxylic acid groups (broad SMARTS) is 1. The Hall–Kier alpha value is -2.34. The van der Waals surface area contributed by atoms with Gasteiger partial charge in [0.25, 0.3) is 5.91 Å². The molecule has 1 N–H and O–H groups in total. The summed E-state index contributed by atoms with van der Waals surface area (Å²) in [6.07, 6.45) is 3.25. The van der Waals surface area contributed by atoms with Gasteiger partial charge in [0.2, 0.25) is 0 Å². The summed E-state index contributed by atoms with van der Waals surface area (Å²) in [6, 6.07) is 6.94. The monoisotopic (exact) mass is 347 g/mol. The van der Waals surface area contributed by atoms with E-state index in [0.717, 1.165) is 18.4 Å². The molecule has 2 heterocycles. The first-order valence-electron chi connectivity index (χ1n) is 7.77. The molecule has 1 aromatic carbocycles. The molecule has 1 aromatic heterocycles. The van der Waals surface area contributed by atoms with Crippen molar-refractivity contribution in [2.45, 2.75) is 18.8 Å². The van der Waals surface area contributed by atoms with Crippen molar-refractivity contribution in [1.29, 1.82) is 0 Å². The van der Waals surface area contributed by atoms with Gasteiger partial charge in [-0.3, -0.25) is 9.48 Å². The van der Waals surface area contributed by atoms with E-state index < -0.39 is 5.97 Å². The van der Waals surface area contributed by atoms with E-state index in [1.165, 1.54) is 10.9 Å². The summed E-state index contributed by atoms with van der Waals surface area (Å²) in [5.41, 5.74) is 1.60. The van der Waals surface area contributed by atoms with Gasteiger partial charge in [-0.2, -0.15) is 5.10 Å². The Bertz CT molecular complexity index is 768. The molecule has 0 aliphatic carbocycles. The van der Waals surface area contributed by atoms with Crippen molar-refractivity contribution in [3.05, 3.63) is 52.3 Å². The number of hydrogen-bond acceptors (Lipinski definition) is 3. The molecule has 126 valence electrons. The lowest BCUT2D eigenvalue weighted by Gasteiger charge is -2.33. The van der Waals surface area contributed by atoms with Crippen molar-refractivity contribution >= 4 is 23.5 Å². The van der Waals surface area contributed by atoms with Crippen LogP contribution in [0.4, 0.5) is 0 Å². The summed E-state index contributed by atoms with van der Waals surface area (Å²) < 4.78 is 1.49. The summed E-state index contributed by atoms with van der Waals surface area (Å²) >= 11 is 6.07. The van der Waals surface area contributed by atoms with Crippen LogP contribution >= 0.6 is 11.6 Å². The first-order valence-corrected chi connectivity index (χ1v) is 8.15. The van der Waals surface area contributed by atoms with Gasteiger partial charge in [-0.25, -0.2) is 4.79 Å². The minimum absolute atomic E-state index is 0.119. The minimum Gasteiger partial charge on any atom is -0.478 e. The van der Waals surface area contributed by atoms with E-state index in [4.69, 9.17) is 16.7 Å². The molecule has 0 saturated carbocycles. The fourth-order valence-electron chi connectivity index (χ4n) is 3.16. The number of likely N-dealkylation sites (tertiary alicyclic amines) is 1. The van der Waals surface area contributed by atoms with Crippen LogP contribution in [-0.2, 0) is 7.05 Å². The summed E-state index contributed by atoms with van der Waals surface area (Å²) in [5, 5.41) is 13.5. The second kappa shape index (κ2) is 6.65. The predicted molar refractivity (Wildman–Crippen MR) is 89.5 cm³/mol. The van der Waals surface area contributed by atoms with E-state index in [1.807, 2.05) is 6.07 Å². The largest absolute Gasteiger partial charge is 0.478 e. The van der Waals surface area contributed by atoms with Gasteiger partial charge in [0.1, 0.15) is 5.69 Å². The highest BCUT2D eigenvalue weighted by Crippen LogP contribution is 2.29. The molecule has 1 unspecified atom stereocenters. The van der Waals surface area contributed by atoms with Crippen LogP contribution in [0, 0.1) is 0 Å². The molecule has 1 aliphatic heterocycles. The average molecular weight is 348 g/mol. The third kappa shape index (κ3) is 3.14. The first kappa shape index (κ1) is 16.5. The Balaban J connectivity index is 1.81. The highest BCUT2D eigenvalue weighted by atomic mass is 35.5. The van der Waals surface area contributed by atoms with Gasteiger partial charge in [0, 0.05) is 26.1 Å². The van der Waals surface area contributed by atoms with Gasteiger partial charge < -0.3 is 10.0 Å². The zero-order valence-electron chi connectivity index (χ0n) is 13.3. The Morgan fingerprint density at radius 3 is 2.83 bits per heavy atom. The molecule has 24 heavy (non-hydrogen) atoms. The quantitative estimate of drug-likeness (QED) is 0.926. The zero-order chi connectivity index (χ0) is 17.3.